The minimum absolute atomic E-state index is 0.0971. The van der Waals surface area contributed by atoms with Crippen LogP contribution in [0.25, 0.3) is 0 Å². The molecule has 0 aliphatic rings. The standard InChI is InChI=1S/C13H15BrN2O3S2/c1-8(2)19-13-10(5-4-6-15-13)16-21(17,18)11-7-12(14)20-9(11)3/h4-8,16H,1-3H3. The highest BCUT2D eigenvalue weighted by Gasteiger charge is 2.21. The van der Waals surface area contributed by atoms with Crippen LogP contribution in [0.4, 0.5) is 5.69 Å². The van der Waals surface area contributed by atoms with Gasteiger partial charge in [-0.15, -0.1) is 11.3 Å². The Morgan fingerprint density at radius 2 is 2.14 bits per heavy atom. The third kappa shape index (κ3) is 3.96. The van der Waals surface area contributed by atoms with Crippen LogP contribution in [-0.2, 0) is 10.0 Å². The van der Waals surface area contributed by atoms with Crippen LogP contribution in [0.5, 0.6) is 5.88 Å². The molecule has 2 heterocycles. The quantitative estimate of drug-likeness (QED) is 0.842. The van der Waals surface area contributed by atoms with Gasteiger partial charge in [0, 0.05) is 11.1 Å². The van der Waals surface area contributed by atoms with Gasteiger partial charge < -0.3 is 4.74 Å². The first-order valence-electron chi connectivity index (χ1n) is 6.20. The van der Waals surface area contributed by atoms with Crippen molar-refractivity contribution in [2.24, 2.45) is 0 Å². The lowest BCUT2D eigenvalue weighted by molar-refractivity contribution is 0.234. The minimum atomic E-state index is -3.67. The Labute approximate surface area is 136 Å². The zero-order valence-corrected chi connectivity index (χ0v) is 15.0. The number of ether oxygens (including phenoxy) is 1. The van der Waals surface area contributed by atoms with Crippen LogP contribution in [0.1, 0.15) is 18.7 Å². The molecule has 114 valence electrons. The molecule has 0 saturated heterocycles. The monoisotopic (exact) mass is 390 g/mol. The van der Waals surface area contributed by atoms with Gasteiger partial charge >= 0.3 is 0 Å². The third-order valence-corrected chi connectivity index (χ3v) is 5.67. The summed E-state index contributed by atoms with van der Waals surface area (Å²) < 4.78 is 33.8. The number of rotatable bonds is 5. The first-order chi connectivity index (χ1) is 9.79. The number of hydrogen-bond acceptors (Lipinski definition) is 5. The van der Waals surface area contributed by atoms with Gasteiger partial charge in [-0.2, -0.15) is 0 Å². The van der Waals surface area contributed by atoms with Crippen LogP contribution in [0, 0.1) is 6.92 Å². The van der Waals surface area contributed by atoms with Crippen LogP contribution >= 0.6 is 27.3 Å². The highest BCUT2D eigenvalue weighted by Crippen LogP contribution is 2.32. The van der Waals surface area contributed by atoms with Crippen molar-refractivity contribution in [3.05, 3.63) is 33.1 Å². The molecule has 0 atom stereocenters. The van der Waals surface area contributed by atoms with E-state index >= 15 is 0 Å². The summed E-state index contributed by atoms with van der Waals surface area (Å²) in [7, 11) is -3.67. The summed E-state index contributed by atoms with van der Waals surface area (Å²) in [4.78, 5) is 5.03. The molecule has 0 amide bonds. The van der Waals surface area contributed by atoms with Gasteiger partial charge in [0.2, 0.25) is 5.88 Å². The highest BCUT2D eigenvalue weighted by atomic mass is 79.9. The van der Waals surface area contributed by atoms with Crippen molar-refractivity contribution in [2.75, 3.05) is 4.72 Å². The van der Waals surface area contributed by atoms with E-state index in [4.69, 9.17) is 4.74 Å². The Morgan fingerprint density at radius 1 is 1.43 bits per heavy atom. The summed E-state index contributed by atoms with van der Waals surface area (Å²) in [5.41, 5.74) is 0.327. The van der Waals surface area contributed by atoms with Gasteiger partial charge in [-0.1, -0.05) is 0 Å². The number of aromatic nitrogens is 1. The number of thiophene rings is 1. The molecule has 0 aliphatic heterocycles. The summed E-state index contributed by atoms with van der Waals surface area (Å²) >= 11 is 4.67. The first-order valence-corrected chi connectivity index (χ1v) is 9.29. The average molecular weight is 391 g/mol. The summed E-state index contributed by atoms with van der Waals surface area (Å²) in [5, 5.41) is 0. The minimum Gasteiger partial charge on any atom is -0.473 e. The molecule has 0 aliphatic carbocycles. The van der Waals surface area contributed by atoms with Gasteiger partial charge in [0.25, 0.3) is 10.0 Å². The Kier molecular flexibility index (Phi) is 4.90. The highest BCUT2D eigenvalue weighted by molar-refractivity contribution is 9.11. The van der Waals surface area contributed by atoms with Gasteiger partial charge in [-0.25, -0.2) is 13.4 Å². The molecule has 8 heteroatoms. The Balaban J connectivity index is 2.35. The number of anilines is 1. The fourth-order valence-corrected chi connectivity index (χ4v) is 5.16. The molecular formula is C13H15BrN2O3S2. The largest absolute Gasteiger partial charge is 0.473 e. The third-order valence-electron chi connectivity index (χ3n) is 2.49. The molecule has 21 heavy (non-hydrogen) atoms. The Morgan fingerprint density at radius 3 is 2.71 bits per heavy atom. The Bertz CT molecular complexity index is 742. The second kappa shape index (κ2) is 6.33. The molecule has 1 N–H and O–H groups in total. The summed E-state index contributed by atoms with van der Waals surface area (Å²) in [5.74, 6) is 0.267. The topological polar surface area (TPSA) is 68.3 Å². The van der Waals surface area contributed by atoms with Crippen molar-refractivity contribution in [2.45, 2.75) is 31.8 Å². The number of nitrogens with zero attached hydrogens (tertiary/aromatic N) is 1. The predicted molar refractivity (Wildman–Crippen MR) is 87.6 cm³/mol. The molecule has 0 fully saturated rings. The Hall–Kier alpha value is -1.12. The van der Waals surface area contributed by atoms with Crippen LogP contribution in [0.2, 0.25) is 0 Å². The smallest absolute Gasteiger partial charge is 0.263 e. The van der Waals surface area contributed by atoms with Gasteiger partial charge in [-0.3, -0.25) is 4.72 Å². The van der Waals surface area contributed by atoms with E-state index in [1.54, 1.807) is 31.3 Å². The van der Waals surface area contributed by atoms with Gasteiger partial charge in [0.05, 0.1) is 9.89 Å². The number of sulfonamides is 1. The number of aryl methyl sites for hydroxylation is 1. The lowest BCUT2D eigenvalue weighted by Gasteiger charge is -2.14. The number of nitrogens with one attached hydrogen (secondary N) is 1. The molecule has 2 rings (SSSR count). The maximum Gasteiger partial charge on any atom is 0.263 e. The van der Waals surface area contributed by atoms with Crippen LogP contribution in [-0.4, -0.2) is 19.5 Å². The van der Waals surface area contributed by atoms with Gasteiger partial charge in [-0.05, 0) is 54.9 Å². The lowest BCUT2D eigenvalue weighted by Crippen LogP contribution is -2.16. The van der Waals surface area contributed by atoms with Crippen molar-refractivity contribution in [1.29, 1.82) is 0 Å². The van der Waals surface area contributed by atoms with E-state index in [1.807, 2.05) is 13.8 Å². The van der Waals surface area contributed by atoms with E-state index in [9.17, 15) is 8.42 Å². The van der Waals surface area contributed by atoms with E-state index in [2.05, 4.69) is 25.6 Å². The van der Waals surface area contributed by atoms with Crippen LogP contribution < -0.4 is 9.46 Å². The molecule has 0 radical (unpaired) electrons. The number of hydrogen-bond donors (Lipinski definition) is 1. The van der Waals surface area contributed by atoms with E-state index in [1.165, 1.54) is 11.3 Å². The maximum absolute atomic E-state index is 12.5. The zero-order chi connectivity index (χ0) is 15.6. The molecule has 2 aromatic heterocycles. The SMILES string of the molecule is Cc1sc(Br)cc1S(=O)(=O)Nc1cccnc1OC(C)C. The number of pyridine rings is 1. The van der Waals surface area contributed by atoms with Gasteiger partial charge in [0.1, 0.15) is 10.6 Å². The van der Waals surface area contributed by atoms with E-state index < -0.39 is 10.0 Å². The average Bonchev–Trinajstić information content (AvgIpc) is 2.71. The summed E-state index contributed by atoms with van der Waals surface area (Å²) in [6.45, 7) is 5.47. The molecule has 0 aromatic carbocycles. The molecule has 0 unspecified atom stereocenters. The van der Waals surface area contributed by atoms with Crippen molar-refractivity contribution < 1.29 is 13.2 Å². The normalized spacial score (nSPS) is 11.7. The number of halogens is 1. The van der Waals surface area contributed by atoms with E-state index in [0.717, 1.165) is 3.79 Å². The maximum atomic E-state index is 12.5. The van der Waals surface area contributed by atoms with Crippen molar-refractivity contribution >= 4 is 43.0 Å². The molecule has 2 aromatic rings. The lowest BCUT2D eigenvalue weighted by atomic mass is 10.4. The van der Waals surface area contributed by atoms with Crippen LogP contribution in [0.3, 0.4) is 0 Å². The summed E-state index contributed by atoms with van der Waals surface area (Å²) in [6.07, 6.45) is 1.46. The molecule has 5 nitrogen and oxygen atoms in total. The second-order valence-corrected chi connectivity index (χ2v) is 8.89. The molecular weight excluding hydrogens is 376 g/mol. The fourth-order valence-electron chi connectivity index (χ4n) is 1.68. The van der Waals surface area contributed by atoms with E-state index in [0.29, 0.717) is 10.6 Å². The zero-order valence-electron chi connectivity index (χ0n) is 11.8. The van der Waals surface area contributed by atoms with Crippen molar-refractivity contribution in [3.8, 4) is 5.88 Å². The predicted octanol–water partition coefficient (Wildman–Crippen LogP) is 3.80. The first kappa shape index (κ1) is 16.3. The molecule has 0 bridgehead atoms. The molecule has 0 spiro atoms. The summed E-state index contributed by atoms with van der Waals surface area (Å²) in [6, 6.07) is 4.86. The second-order valence-electron chi connectivity index (χ2n) is 4.60. The fraction of sp³-hybridized carbons (Fsp3) is 0.308. The van der Waals surface area contributed by atoms with Crippen LogP contribution in [0.15, 0.2) is 33.1 Å². The van der Waals surface area contributed by atoms with Crippen molar-refractivity contribution in [3.63, 3.8) is 0 Å². The van der Waals surface area contributed by atoms with E-state index in [-0.39, 0.29) is 16.9 Å². The molecule has 0 saturated carbocycles. The van der Waals surface area contributed by atoms with Crippen molar-refractivity contribution in [1.82, 2.24) is 4.98 Å². The van der Waals surface area contributed by atoms with Gasteiger partial charge in [0.15, 0.2) is 0 Å².